The van der Waals surface area contributed by atoms with Gasteiger partial charge in [0.1, 0.15) is 6.33 Å². The molecule has 0 aliphatic carbocycles. The summed E-state index contributed by atoms with van der Waals surface area (Å²) in [4.78, 5) is 5.10. The molecular formula is C9H9BrN4S. The number of benzene rings is 1. The Labute approximate surface area is 100 Å². The minimum Gasteiger partial charge on any atom is -0.398 e. The molecule has 1 heterocycles. The number of nitrogen functional groups attached to an aromatic ring is 1. The number of aryl methyl sites for hydroxylation is 1. The van der Waals surface area contributed by atoms with Gasteiger partial charge in [0, 0.05) is 22.1 Å². The number of aromatic nitrogens is 3. The molecule has 0 atom stereocenters. The van der Waals surface area contributed by atoms with Crippen LogP contribution in [0.3, 0.4) is 0 Å². The van der Waals surface area contributed by atoms with Gasteiger partial charge in [0.05, 0.1) is 0 Å². The van der Waals surface area contributed by atoms with Crippen molar-refractivity contribution >= 4 is 33.4 Å². The average Bonchev–Trinajstić information content (AvgIpc) is 2.57. The molecule has 4 nitrogen and oxygen atoms in total. The van der Waals surface area contributed by atoms with E-state index in [9.17, 15) is 0 Å². The summed E-state index contributed by atoms with van der Waals surface area (Å²) >= 11 is 4.87. The van der Waals surface area contributed by atoms with E-state index in [0.29, 0.717) is 0 Å². The molecule has 2 rings (SSSR count). The monoisotopic (exact) mass is 284 g/mol. The normalized spacial score (nSPS) is 10.5. The minimum absolute atomic E-state index is 0.734. The smallest absolute Gasteiger partial charge is 0.190 e. The molecule has 0 radical (unpaired) electrons. The highest BCUT2D eigenvalue weighted by Crippen LogP contribution is 2.31. The molecule has 0 aliphatic rings. The summed E-state index contributed by atoms with van der Waals surface area (Å²) in [6, 6.07) is 5.78. The maximum Gasteiger partial charge on any atom is 0.190 e. The van der Waals surface area contributed by atoms with E-state index in [2.05, 4.69) is 26.0 Å². The summed E-state index contributed by atoms with van der Waals surface area (Å²) in [5, 5.41) is 4.82. The first-order chi connectivity index (χ1) is 7.16. The lowest BCUT2D eigenvalue weighted by Crippen LogP contribution is -1.94. The molecule has 2 N–H and O–H groups in total. The summed E-state index contributed by atoms with van der Waals surface area (Å²) in [6.07, 6.45) is 1.53. The van der Waals surface area contributed by atoms with Gasteiger partial charge in [-0.15, -0.1) is 0 Å². The van der Waals surface area contributed by atoms with Gasteiger partial charge in [0.2, 0.25) is 0 Å². The van der Waals surface area contributed by atoms with Crippen LogP contribution in [0.1, 0.15) is 0 Å². The van der Waals surface area contributed by atoms with E-state index in [1.807, 2.05) is 25.2 Å². The van der Waals surface area contributed by atoms with Crippen LogP contribution in [0, 0.1) is 0 Å². The standard InChI is InChI=1S/C9H9BrN4S/c1-14-9(12-5-13-14)15-8-3-2-6(10)4-7(8)11/h2-5H,11H2,1H3. The summed E-state index contributed by atoms with van der Waals surface area (Å²) in [7, 11) is 1.85. The zero-order chi connectivity index (χ0) is 10.8. The molecular weight excluding hydrogens is 276 g/mol. The molecule has 0 unspecified atom stereocenters. The molecule has 0 saturated carbocycles. The zero-order valence-electron chi connectivity index (χ0n) is 8.01. The number of hydrogen-bond acceptors (Lipinski definition) is 4. The van der Waals surface area contributed by atoms with E-state index in [0.717, 1.165) is 20.2 Å². The molecule has 0 amide bonds. The average molecular weight is 285 g/mol. The Hall–Kier alpha value is -1.01. The topological polar surface area (TPSA) is 56.7 Å². The van der Waals surface area contributed by atoms with Crippen LogP contribution in [0.15, 0.2) is 39.1 Å². The third-order valence-electron chi connectivity index (χ3n) is 1.84. The number of nitrogens with zero attached hydrogens (tertiary/aromatic N) is 3. The van der Waals surface area contributed by atoms with E-state index < -0.39 is 0 Å². The molecule has 2 aromatic rings. The van der Waals surface area contributed by atoms with Crippen LogP contribution in [0.5, 0.6) is 0 Å². The number of halogens is 1. The molecule has 0 saturated heterocycles. The summed E-state index contributed by atoms with van der Waals surface area (Å²) < 4.78 is 2.69. The highest BCUT2D eigenvalue weighted by molar-refractivity contribution is 9.10. The maximum atomic E-state index is 5.88. The lowest BCUT2D eigenvalue weighted by atomic mass is 10.3. The molecule has 0 fully saturated rings. The number of nitrogens with two attached hydrogens (primary N) is 1. The largest absolute Gasteiger partial charge is 0.398 e. The van der Waals surface area contributed by atoms with Crippen molar-refractivity contribution in [1.29, 1.82) is 0 Å². The fraction of sp³-hybridized carbons (Fsp3) is 0.111. The van der Waals surface area contributed by atoms with Crippen LogP contribution < -0.4 is 5.73 Å². The van der Waals surface area contributed by atoms with Crippen LogP contribution in [-0.4, -0.2) is 14.8 Å². The number of anilines is 1. The van der Waals surface area contributed by atoms with Crippen molar-refractivity contribution in [1.82, 2.24) is 14.8 Å². The molecule has 0 aliphatic heterocycles. The second-order valence-corrected chi connectivity index (χ2v) is 4.88. The van der Waals surface area contributed by atoms with Crippen molar-refractivity contribution in [2.45, 2.75) is 10.1 Å². The van der Waals surface area contributed by atoms with Crippen molar-refractivity contribution in [3.8, 4) is 0 Å². The molecule has 1 aromatic carbocycles. The van der Waals surface area contributed by atoms with Gasteiger partial charge >= 0.3 is 0 Å². The Kier molecular flexibility index (Phi) is 2.97. The van der Waals surface area contributed by atoms with Gasteiger partial charge in [-0.1, -0.05) is 15.9 Å². The number of hydrogen-bond donors (Lipinski definition) is 1. The van der Waals surface area contributed by atoms with Crippen LogP contribution >= 0.6 is 27.7 Å². The van der Waals surface area contributed by atoms with E-state index in [1.54, 1.807) is 4.68 Å². The zero-order valence-corrected chi connectivity index (χ0v) is 10.4. The Morgan fingerprint density at radius 1 is 1.47 bits per heavy atom. The van der Waals surface area contributed by atoms with Gasteiger partial charge in [-0.2, -0.15) is 5.10 Å². The SMILES string of the molecule is Cn1ncnc1Sc1ccc(Br)cc1N. The molecule has 6 heteroatoms. The van der Waals surface area contributed by atoms with Crippen LogP contribution in [-0.2, 0) is 7.05 Å². The predicted octanol–water partition coefficient (Wildman–Crippen LogP) is 2.31. The minimum atomic E-state index is 0.734. The fourth-order valence-electron chi connectivity index (χ4n) is 1.09. The first-order valence-electron chi connectivity index (χ1n) is 4.23. The Balaban J connectivity index is 2.29. The second-order valence-electron chi connectivity index (χ2n) is 2.95. The fourth-order valence-corrected chi connectivity index (χ4v) is 2.26. The lowest BCUT2D eigenvalue weighted by molar-refractivity contribution is 0.685. The summed E-state index contributed by atoms with van der Waals surface area (Å²) in [5.74, 6) is 0. The maximum absolute atomic E-state index is 5.88. The first-order valence-corrected chi connectivity index (χ1v) is 5.84. The first kappa shape index (κ1) is 10.5. The quantitative estimate of drug-likeness (QED) is 0.860. The van der Waals surface area contributed by atoms with Crippen LogP contribution in [0.4, 0.5) is 5.69 Å². The molecule has 1 aromatic heterocycles. The van der Waals surface area contributed by atoms with Crippen molar-refractivity contribution in [3.63, 3.8) is 0 Å². The van der Waals surface area contributed by atoms with Crippen LogP contribution in [0.25, 0.3) is 0 Å². The van der Waals surface area contributed by atoms with Crippen LogP contribution in [0.2, 0.25) is 0 Å². The van der Waals surface area contributed by atoms with Crippen molar-refractivity contribution in [3.05, 3.63) is 29.0 Å². The third-order valence-corrected chi connectivity index (χ3v) is 3.48. The van der Waals surface area contributed by atoms with E-state index >= 15 is 0 Å². The third kappa shape index (κ3) is 2.32. The van der Waals surface area contributed by atoms with Gasteiger partial charge in [0.25, 0.3) is 0 Å². The molecule has 0 spiro atoms. The van der Waals surface area contributed by atoms with Gasteiger partial charge in [-0.3, -0.25) is 0 Å². The molecule has 15 heavy (non-hydrogen) atoms. The predicted molar refractivity (Wildman–Crippen MR) is 63.7 cm³/mol. The van der Waals surface area contributed by atoms with Crippen molar-refractivity contribution in [2.24, 2.45) is 7.05 Å². The summed E-state index contributed by atoms with van der Waals surface area (Å²) in [5.41, 5.74) is 6.61. The van der Waals surface area contributed by atoms with E-state index in [4.69, 9.17) is 5.73 Å². The lowest BCUT2D eigenvalue weighted by Gasteiger charge is -2.04. The van der Waals surface area contributed by atoms with Crippen molar-refractivity contribution in [2.75, 3.05) is 5.73 Å². The van der Waals surface area contributed by atoms with Crippen molar-refractivity contribution < 1.29 is 0 Å². The van der Waals surface area contributed by atoms with Gasteiger partial charge in [-0.25, -0.2) is 9.67 Å². The second kappa shape index (κ2) is 4.24. The van der Waals surface area contributed by atoms with E-state index in [-0.39, 0.29) is 0 Å². The van der Waals surface area contributed by atoms with Gasteiger partial charge in [-0.05, 0) is 30.0 Å². The summed E-state index contributed by atoms with van der Waals surface area (Å²) in [6.45, 7) is 0. The Morgan fingerprint density at radius 3 is 2.87 bits per heavy atom. The van der Waals surface area contributed by atoms with Gasteiger partial charge < -0.3 is 5.73 Å². The molecule has 0 bridgehead atoms. The highest BCUT2D eigenvalue weighted by Gasteiger charge is 2.06. The van der Waals surface area contributed by atoms with Gasteiger partial charge in [0.15, 0.2) is 5.16 Å². The Morgan fingerprint density at radius 2 is 2.27 bits per heavy atom. The number of rotatable bonds is 2. The highest BCUT2D eigenvalue weighted by atomic mass is 79.9. The van der Waals surface area contributed by atoms with E-state index in [1.165, 1.54) is 18.1 Å². The molecule has 78 valence electrons. The Bertz CT molecular complexity index is 483.